The molecule has 0 aromatic rings. The molecule has 564 valence electrons. The molecule has 0 amide bonds. The van der Waals surface area contributed by atoms with E-state index < -0.39 is 97.5 Å². The van der Waals surface area contributed by atoms with Crippen molar-refractivity contribution in [1.29, 1.82) is 0 Å². The van der Waals surface area contributed by atoms with Gasteiger partial charge in [-0.15, -0.1) is 0 Å². The Labute approximate surface area is 581 Å². The van der Waals surface area contributed by atoms with Crippen molar-refractivity contribution in [2.24, 2.45) is 23.7 Å². The first-order chi connectivity index (χ1) is 45.6. The van der Waals surface area contributed by atoms with Crippen LogP contribution in [-0.2, 0) is 65.4 Å². The minimum atomic E-state index is -4.96. The third-order valence-corrected chi connectivity index (χ3v) is 19.8. The van der Waals surface area contributed by atoms with Crippen LogP contribution >= 0.6 is 15.6 Å². The first-order valence-corrected chi connectivity index (χ1v) is 42.2. The Morgan fingerprint density at radius 3 is 0.747 bits per heavy atom. The summed E-state index contributed by atoms with van der Waals surface area (Å²) in [4.78, 5) is 72.7. The molecular formula is C76H148O17P2. The summed E-state index contributed by atoms with van der Waals surface area (Å²) in [5.41, 5.74) is 0. The number of ether oxygens (including phenoxy) is 4. The van der Waals surface area contributed by atoms with Crippen LogP contribution in [0.3, 0.4) is 0 Å². The highest BCUT2D eigenvalue weighted by Crippen LogP contribution is 2.45. The molecule has 0 fully saturated rings. The normalized spacial score (nSPS) is 14.4. The molecule has 0 aliphatic heterocycles. The highest BCUT2D eigenvalue weighted by molar-refractivity contribution is 7.47. The molecule has 6 atom stereocenters. The summed E-state index contributed by atoms with van der Waals surface area (Å²) in [6, 6.07) is 0. The van der Waals surface area contributed by atoms with Crippen LogP contribution < -0.4 is 0 Å². The van der Waals surface area contributed by atoms with Crippen LogP contribution in [-0.4, -0.2) is 96.7 Å². The molecule has 0 aliphatic rings. The fourth-order valence-electron chi connectivity index (χ4n) is 11.5. The highest BCUT2D eigenvalue weighted by atomic mass is 31.2. The maximum absolute atomic E-state index is 13.1. The largest absolute Gasteiger partial charge is 0.472 e. The van der Waals surface area contributed by atoms with Gasteiger partial charge < -0.3 is 33.8 Å². The number of hydrogen-bond acceptors (Lipinski definition) is 15. The first kappa shape index (κ1) is 93.1. The summed E-state index contributed by atoms with van der Waals surface area (Å²) in [6.07, 6.45) is 50.2. The average molecular weight is 1400 g/mol. The molecule has 95 heavy (non-hydrogen) atoms. The topological polar surface area (TPSA) is 237 Å². The summed E-state index contributed by atoms with van der Waals surface area (Å²) in [7, 11) is -9.91. The van der Waals surface area contributed by atoms with E-state index in [2.05, 4.69) is 55.4 Å². The molecule has 0 saturated heterocycles. The van der Waals surface area contributed by atoms with Crippen LogP contribution in [0.2, 0.25) is 0 Å². The van der Waals surface area contributed by atoms with Gasteiger partial charge in [-0.25, -0.2) is 9.13 Å². The molecule has 0 rings (SSSR count). The number of esters is 4. The Morgan fingerprint density at radius 1 is 0.295 bits per heavy atom. The van der Waals surface area contributed by atoms with Crippen molar-refractivity contribution in [2.45, 2.75) is 401 Å². The summed E-state index contributed by atoms with van der Waals surface area (Å²) < 4.78 is 68.4. The van der Waals surface area contributed by atoms with E-state index in [1.807, 2.05) is 0 Å². The molecule has 0 aromatic heterocycles. The zero-order valence-corrected chi connectivity index (χ0v) is 64.1. The molecular weight excluding hydrogens is 1250 g/mol. The molecule has 0 heterocycles. The SMILES string of the molecule is CCC(C)CCCCCCCCCCCCCCCCC(=O)O[C@H](COC(=O)CCCCCCCCCC(C)C)COP(=O)(O)OCC(O)COP(=O)(O)OC[C@@H](COC(=O)CCCCCCCCCCCCCCCCCC(C)C)OC(=O)CCCCCCCCC(C)C. The molecule has 17 nitrogen and oxygen atoms in total. The number of unbranched alkanes of at least 4 members (excludes halogenated alkanes) is 38. The summed E-state index contributed by atoms with van der Waals surface area (Å²) >= 11 is 0. The number of phosphoric ester groups is 2. The van der Waals surface area contributed by atoms with Crippen LogP contribution in [0.1, 0.15) is 383 Å². The zero-order chi connectivity index (χ0) is 70.3. The maximum atomic E-state index is 13.1. The van der Waals surface area contributed by atoms with Gasteiger partial charge in [-0.2, -0.15) is 0 Å². The van der Waals surface area contributed by atoms with Crippen molar-refractivity contribution in [1.82, 2.24) is 0 Å². The number of phosphoric acid groups is 2. The number of aliphatic hydroxyl groups is 1. The van der Waals surface area contributed by atoms with Crippen LogP contribution in [0.15, 0.2) is 0 Å². The second-order valence-corrected chi connectivity index (χ2v) is 32.0. The monoisotopic (exact) mass is 1400 g/mol. The Morgan fingerprint density at radius 2 is 0.505 bits per heavy atom. The van der Waals surface area contributed by atoms with Gasteiger partial charge in [0.05, 0.1) is 26.4 Å². The molecule has 3 N–H and O–H groups in total. The second kappa shape index (κ2) is 65.4. The predicted octanol–water partition coefficient (Wildman–Crippen LogP) is 22.0. The van der Waals surface area contributed by atoms with E-state index in [0.29, 0.717) is 37.5 Å². The van der Waals surface area contributed by atoms with Gasteiger partial charge in [0.25, 0.3) is 0 Å². The molecule has 0 spiro atoms. The summed E-state index contributed by atoms with van der Waals surface area (Å²) in [6.45, 7) is 14.1. The van der Waals surface area contributed by atoms with Crippen LogP contribution in [0.25, 0.3) is 0 Å². The Balaban J connectivity index is 5.16. The van der Waals surface area contributed by atoms with Gasteiger partial charge in [-0.05, 0) is 49.4 Å². The lowest BCUT2D eigenvalue weighted by molar-refractivity contribution is -0.161. The Hall–Kier alpha value is -1.94. The summed E-state index contributed by atoms with van der Waals surface area (Å²) in [5.74, 6) is 0.900. The smallest absolute Gasteiger partial charge is 0.462 e. The minimum Gasteiger partial charge on any atom is -0.462 e. The lowest BCUT2D eigenvalue weighted by Gasteiger charge is -2.21. The van der Waals surface area contributed by atoms with E-state index in [-0.39, 0.29) is 25.7 Å². The highest BCUT2D eigenvalue weighted by Gasteiger charge is 2.30. The third-order valence-electron chi connectivity index (χ3n) is 17.9. The lowest BCUT2D eigenvalue weighted by Crippen LogP contribution is -2.30. The van der Waals surface area contributed by atoms with Crippen LogP contribution in [0, 0.1) is 23.7 Å². The molecule has 19 heteroatoms. The van der Waals surface area contributed by atoms with E-state index in [4.69, 9.17) is 37.0 Å². The standard InChI is InChI=1S/C76H148O17P2/c1-9-69(8)55-47-39-30-24-20-16-13-14-18-22-26-32-42-50-58-75(80)92-71(62-87-74(79)57-49-41-33-27-29-37-45-53-67(4)5)64-90-94(82,83)88-60-70(77)61-89-95(84,85)91-65-72(93-76(81)59-51-43-35-34-38-46-54-68(6)7)63-86-73(78)56-48-40-31-25-21-17-12-10-11-15-19-23-28-36-44-52-66(2)3/h66-72,77H,9-65H2,1-8H3,(H,82,83)(H,84,85)/t69?,70?,71-,72-/m1/s1. The number of carbonyl (C=O) groups excluding carboxylic acids is 4. The van der Waals surface area contributed by atoms with Crippen molar-refractivity contribution >= 4 is 39.5 Å². The van der Waals surface area contributed by atoms with E-state index in [1.54, 1.807) is 0 Å². The zero-order valence-electron chi connectivity index (χ0n) is 62.3. The van der Waals surface area contributed by atoms with Gasteiger partial charge in [-0.3, -0.25) is 37.3 Å². The van der Waals surface area contributed by atoms with E-state index in [0.717, 1.165) is 108 Å². The van der Waals surface area contributed by atoms with Gasteiger partial charge >= 0.3 is 39.5 Å². The van der Waals surface area contributed by atoms with E-state index >= 15 is 0 Å². The van der Waals surface area contributed by atoms with Crippen molar-refractivity contribution in [2.75, 3.05) is 39.6 Å². The van der Waals surface area contributed by atoms with Crippen molar-refractivity contribution in [3.05, 3.63) is 0 Å². The summed E-state index contributed by atoms with van der Waals surface area (Å²) in [5, 5.41) is 10.6. The molecule has 0 saturated carbocycles. The third kappa shape index (κ3) is 69.0. The molecule has 4 unspecified atom stereocenters. The number of carbonyl (C=O) groups is 4. The van der Waals surface area contributed by atoms with Crippen LogP contribution in [0.4, 0.5) is 0 Å². The fourth-order valence-corrected chi connectivity index (χ4v) is 13.1. The maximum Gasteiger partial charge on any atom is 0.472 e. The van der Waals surface area contributed by atoms with Crippen LogP contribution in [0.5, 0.6) is 0 Å². The number of hydrogen-bond donors (Lipinski definition) is 3. The minimum absolute atomic E-state index is 0.102. The average Bonchev–Trinajstić information content (AvgIpc) is 1.46. The molecule has 0 aliphatic carbocycles. The van der Waals surface area contributed by atoms with Crippen molar-refractivity contribution in [3.63, 3.8) is 0 Å². The van der Waals surface area contributed by atoms with Crippen molar-refractivity contribution < 1.29 is 80.2 Å². The van der Waals surface area contributed by atoms with Gasteiger partial charge in [0.2, 0.25) is 0 Å². The van der Waals surface area contributed by atoms with Gasteiger partial charge in [-0.1, -0.05) is 331 Å². The second-order valence-electron chi connectivity index (χ2n) is 29.1. The molecule has 0 radical (unpaired) electrons. The van der Waals surface area contributed by atoms with Gasteiger partial charge in [0.15, 0.2) is 12.2 Å². The number of rotatable bonds is 73. The fraction of sp³-hybridized carbons (Fsp3) is 0.947. The predicted molar refractivity (Wildman–Crippen MR) is 386 cm³/mol. The quantitative estimate of drug-likeness (QED) is 0.0222. The Bertz CT molecular complexity index is 1870. The Kier molecular flexibility index (Phi) is 64.0. The lowest BCUT2D eigenvalue weighted by atomic mass is 9.99. The number of aliphatic hydroxyl groups excluding tert-OH is 1. The van der Waals surface area contributed by atoms with E-state index in [1.165, 1.54) is 180 Å². The molecule has 0 bridgehead atoms. The molecule has 0 aromatic carbocycles. The van der Waals surface area contributed by atoms with E-state index in [9.17, 15) is 43.2 Å². The van der Waals surface area contributed by atoms with Crippen molar-refractivity contribution in [3.8, 4) is 0 Å². The van der Waals surface area contributed by atoms with Gasteiger partial charge in [0, 0.05) is 25.7 Å². The first-order valence-electron chi connectivity index (χ1n) is 39.2. The van der Waals surface area contributed by atoms with Gasteiger partial charge in [0.1, 0.15) is 19.3 Å².